The second-order valence-electron chi connectivity index (χ2n) is 6.38. The Hall–Kier alpha value is -3.24. The number of carbonyl (C=O) groups excluding carboxylic acids is 1. The minimum absolute atomic E-state index is 0.135. The third-order valence-electron chi connectivity index (χ3n) is 4.49. The Morgan fingerprint density at radius 1 is 0.778 bits per heavy atom. The predicted molar refractivity (Wildman–Crippen MR) is 116 cm³/mol. The summed E-state index contributed by atoms with van der Waals surface area (Å²) in [5.74, 6) is -0.135. The summed E-state index contributed by atoms with van der Waals surface area (Å²) in [5, 5.41) is 10.7. The molecule has 0 heterocycles. The van der Waals surface area contributed by atoms with E-state index in [9.17, 15) is 4.79 Å². The average Bonchev–Trinajstić information content (AvgIpc) is 2.68. The lowest BCUT2D eigenvalue weighted by molar-refractivity contribution is -0.119. The quantitative estimate of drug-likeness (QED) is 0.496. The topological polar surface area (TPSA) is 41.1 Å². The van der Waals surface area contributed by atoms with Crippen molar-refractivity contribution in [2.24, 2.45) is 0 Å². The fourth-order valence-electron chi connectivity index (χ4n) is 3.22. The summed E-state index contributed by atoms with van der Waals surface area (Å²) in [5.41, 5.74) is 1.84. The van der Waals surface area contributed by atoms with Crippen molar-refractivity contribution in [3.8, 4) is 0 Å². The molecule has 2 N–H and O–H groups in total. The molecule has 27 heavy (non-hydrogen) atoms. The minimum Gasteiger partial charge on any atom is -0.332 e. The highest BCUT2D eigenvalue weighted by Crippen LogP contribution is 2.20. The van der Waals surface area contributed by atoms with Gasteiger partial charge in [0.2, 0.25) is 5.91 Å². The molecule has 0 fully saturated rings. The molecule has 0 saturated carbocycles. The number of carbonyl (C=O) groups is 1. The van der Waals surface area contributed by atoms with Crippen molar-refractivity contribution in [1.82, 2.24) is 5.32 Å². The molecular formula is C23H18N2OS. The van der Waals surface area contributed by atoms with Gasteiger partial charge in [0.1, 0.15) is 0 Å². The van der Waals surface area contributed by atoms with E-state index in [1.807, 2.05) is 78.9 Å². The summed E-state index contributed by atoms with van der Waals surface area (Å²) >= 11 is 5.30. The smallest absolute Gasteiger partial charge is 0.230 e. The zero-order valence-corrected chi connectivity index (χ0v) is 15.4. The van der Waals surface area contributed by atoms with Crippen molar-refractivity contribution < 1.29 is 4.79 Å². The second kappa shape index (κ2) is 7.56. The van der Waals surface area contributed by atoms with Gasteiger partial charge < -0.3 is 10.6 Å². The standard InChI is InChI=1S/C23H18N2OS/c26-22(15-19-10-5-9-17-7-3-4-11-21(17)19)25-23(27)24-20-13-12-16-6-1-2-8-18(16)14-20/h1-14H,15H2,(H2,24,25,26,27). The molecule has 4 rings (SSSR count). The maximum Gasteiger partial charge on any atom is 0.230 e. The number of thiocarbonyl (C=S) groups is 1. The maximum atomic E-state index is 12.4. The van der Waals surface area contributed by atoms with Crippen molar-refractivity contribution in [1.29, 1.82) is 0 Å². The van der Waals surface area contributed by atoms with Crippen LogP contribution in [0.15, 0.2) is 84.9 Å². The number of benzene rings is 4. The van der Waals surface area contributed by atoms with E-state index in [0.29, 0.717) is 5.11 Å². The van der Waals surface area contributed by atoms with E-state index in [1.54, 1.807) is 0 Å². The first-order chi connectivity index (χ1) is 13.2. The first-order valence-corrected chi connectivity index (χ1v) is 9.16. The van der Waals surface area contributed by atoms with Gasteiger partial charge in [-0.25, -0.2) is 0 Å². The number of hydrogen-bond acceptors (Lipinski definition) is 2. The average molecular weight is 370 g/mol. The molecule has 1 amide bonds. The summed E-state index contributed by atoms with van der Waals surface area (Å²) in [6.07, 6.45) is 0.279. The first kappa shape index (κ1) is 17.2. The van der Waals surface area contributed by atoms with Crippen molar-refractivity contribution in [2.45, 2.75) is 6.42 Å². The summed E-state index contributed by atoms with van der Waals surface area (Å²) in [7, 11) is 0. The van der Waals surface area contributed by atoms with Crippen LogP contribution in [0, 0.1) is 0 Å². The number of hydrogen-bond donors (Lipinski definition) is 2. The number of anilines is 1. The second-order valence-corrected chi connectivity index (χ2v) is 6.79. The third kappa shape index (κ3) is 3.96. The fourth-order valence-corrected chi connectivity index (χ4v) is 3.45. The Morgan fingerprint density at radius 3 is 2.33 bits per heavy atom. The molecule has 0 aromatic heterocycles. The first-order valence-electron chi connectivity index (χ1n) is 8.75. The number of amides is 1. The molecule has 0 aliphatic heterocycles. The lowest BCUT2D eigenvalue weighted by Gasteiger charge is -2.11. The van der Waals surface area contributed by atoms with E-state index in [2.05, 4.69) is 16.7 Å². The van der Waals surface area contributed by atoms with Gasteiger partial charge in [-0.2, -0.15) is 0 Å². The van der Waals surface area contributed by atoms with Gasteiger partial charge >= 0.3 is 0 Å². The van der Waals surface area contributed by atoms with Gasteiger partial charge in [0.05, 0.1) is 6.42 Å². The summed E-state index contributed by atoms with van der Waals surface area (Å²) in [6, 6.07) is 28.1. The Morgan fingerprint density at radius 2 is 1.48 bits per heavy atom. The normalized spacial score (nSPS) is 10.7. The van der Waals surface area contributed by atoms with Crippen molar-refractivity contribution in [3.63, 3.8) is 0 Å². The molecule has 0 atom stereocenters. The molecule has 0 radical (unpaired) electrons. The van der Waals surface area contributed by atoms with Gasteiger partial charge in [-0.15, -0.1) is 0 Å². The molecule has 0 aliphatic carbocycles. The highest BCUT2D eigenvalue weighted by molar-refractivity contribution is 7.80. The van der Waals surface area contributed by atoms with E-state index >= 15 is 0 Å². The van der Waals surface area contributed by atoms with Crippen LogP contribution in [0.5, 0.6) is 0 Å². The predicted octanol–water partition coefficient (Wildman–Crippen LogP) is 5.05. The number of nitrogens with one attached hydrogen (secondary N) is 2. The van der Waals surface area contributed by atoms with E-state index in [-0.39, 0.29) is 12.3 Å². The Kier molecular flexibility index (Phi) is 4.81. The molecule has 4 aromatic rings. The molecule has 4 heteroatoms. The van der Waals surface area contributed by atoms with Crippen LogP contribution in [-0.2, 0) is 11.2 Å². The van der Waals surface area contributed by atoms with Crippen molar-refractivity contribution in [2.75, 3.05) is 5.32 Å². The molecule has 3 nitrogen and oxygen atoms in total. The molecule has 0 bridgehead atoms. The van der Waals surface area contributed by atoms with E-state index in [1.165, 1.54) is 0 Å². The van der Waals surface area contributed by atoms with Crippen LogP contribution in [-0.4, -0.2) is 11.0 Å². The zero-order valence-electron chi connectivity index (χ0n) is 14.6. The molecule has 0 spiro atoms. The van der Waals surface area contributed by atoms with Crippen LogP contribution < -0.4 is 10.6 Å². The van der Waals surface area contributed by atoms with Gasteiger partial charge in [-0.05, 0) is 51.5 Å². The number of fused-ring (bicyclic) bond motifs is 2. The van der Waals surface area contributed by atoms with Gasteiger partial charge in [-0.1, -0.05) is 72.8 Å². The van der Waals surface area contributed by atoms with Crippen LogP contribution in [0.25, 0.3) is 21.5 Å². The summed E-state index contributed by atoms with van der Waals surface area (Å²) in [6.45, 7) is 0. The zero-order chi connectivity index (χ0) is 18.6. The Balaban J connectivity index is 1.43. The fraction of sp³-hybridized carbons (Fsp3) is 0.0435. The SMILES string of the molecule is O=C(Cc1cccc2ccccc12)NC(=S)Nc1ccc2ccccc2c1. The van der Waals surface area contributed by atoms with Crippen molar-refractivity contribution in [3.05, 3.63) is 90.5 Å². The van der Waals surface area contributed by atoms with E-state index in [4.69, 9.17) is 12.2 Å². The monoisotopic (exact) mass is 370 g/mol. The Bertz CT molecular complexity index is 1150. The molecule has 0 unspecified atom stereocenters. The maximum absolute atomic E-state index is 12.4. The molecule has 0 saturated heterocycles. The van der Waals surface area contributed by atoms with Gasteiger partial charge in [0.15, 0.2) is 5.11 Å². The van der Waals surface area contributed by atoms with Crippen LogP contribution in [0.2, 0.25) is 0 Å². The highest BCUT2D eigenvalue weighted by atomic mass is 32.1. The van der Waals surface area contributed by atoms with Gasteiger partial charge in [0, 0.05) is 5.69 Å². The van der Waals surface area contributed by atoms with Gasteiger partial charge in [0.25, 0.3) is 0 Å². The molecule has 0 aliphatic rings. The van der Waals surface area contributed by atoms with Crippen LogP contribution in [0.3, 0.4) is 0 Å². The van der Waals surface area contributed by atoms with E-state index in [0.717, 1.165) is 32.8 Å². The highest BCUT2D eigenvalue weighted by Gasteiger charge is 2.09. The Labute approximate surface area is 163 Å². The lowest BCUT2D eigenvalue weighted by atomic mass is 10.0. The largest absolute Gasteiger partial charge is 0.332 e. The summed E-state index contributed by atoms with van der Waals surface area (Å²) < 4.78 is 0. The summed E-state index contributed by atoms with van der Waals surface area (Å²) in [4.78, 5) is 12.4. The van der Waals surface area contributed by atoms with Crippen LogP contribution in [0.1, 0.15) is 5.56 Å². The molecule has 132 valence electrons. The minimum atomic E-state index is -0.135. The van der Waals surface area contributed by atoms with E-state index < -0.39 is 0 Å². The van der Waals surface area contributed by atoms with Crippen molar-refractivity contribution >= 4 is 50.5 Å². The lowest BCUT2D eigenvalue weighted by Crippen LogP contribution is -2.35. The molecule has 4 aromatic carbocycles. The van der Waals surface area contributed by atoms with Crippen LogP contribution >= 0.6 is 12.2 Å². The third-order valence-corrected chi connectivity index (χ3v) is 4.70. The number of rotatable bonds is 3. The van der Waals surface area contributed by atoms with Gasteiger partial charge in [-0.3, -0.25) is 4.79 Å². The molecular weight excluding hydrogens is 352 g/mol. The van der Waals surface area contributed by atoms with Crippen LogP contribution in [0.4, 0.5) is 5.69 Å².